The first-order valence-corrected chi connectivity index (χ1v) is 6.88. The van der Waals surface area contributed by atoms with Crippen molar-refractivity contribution >= 4 is 5.97 Å². The maximum atomic E-state index is 13.5. The molecule has 2 atom stereocenters. The molecule has 19 heavy (non-hydrogen) atoms. The van der Waals surface area contributed by atoms with Gasteiger partial charge in [-0.05, 0) is 18.9 Å². The number of carbonyl (C=O) groups is 1. The molecule has 1 aromatic rings. The summed E-state index contributed by atoms with van der Waals surface area (Å²) >= 11 is 0. The Morgan fingerprint density at radius 2 is 2.00 bits per heavy atom. The summed E-state index contributed by atoms with van der Waals surface area (Å²) in [5.41, 5.74) is 0.593. The van der Waals surface area contributed by atoms with Crippen LogP contribution in [0.4, 0.5) is 4.39 Å². The molecule has 2 rings (SSSR count). The van der Waals surface area contributed by atoms with E-state index in [1.807, 2.05) is 0 Å². The number of rotatable bonds is 4. The van der Waals surface area contributed by atoms with E-state index < -0.39 is 5.97 Å². The number of halogens is 1. The Labute approximate surface area is 112 Å². The highest BCUT2D eigenvalue weighted by molar-refractivity contribution is 5.70. The van der Waals surface area contributed by atoms with Gasteiger partial charge in [-0.2, -0.15) is 0 Å². The molecule has 0 aromatic heterocycles. The molecule has 4 heteroatoms. The van der Waals surface area contributed by atoms with Gasteiger partial charge in [0.2, 0.25) is 0 Å². The lowest BCUT2D eigenvalue weighted by Crippen LogP contribution is -2.39. The van der Waals surface area contributed by atoms with E-state index in [1.54, 1.807) is 18.2 Å². The zero-order valence-corrected chi connectivity index (χ0v) is 10.9. The Morgan fingerprint density at radius 3 is 2.74 bits per heavy atom. The summed E-state index contributed by atoms with van der Waals surface area (Å²) in [6.45, 7) is 0.390. The van der Waals surface area contributed by atoms with Crippen LogP contribution in [-0.4, -0.2) is 17.1 Å². The Kier molecular flexibility index (Phi) is 4.91. The first-order valence-electron chi connectivity index (χ1n) is 6.88. The smallest absolute Gasteiger partial charge is 0.308 e. The van der Waals surface area contributed by atoms with E-state index in [2.05, 4.69) is 5.32 Å². The van der Waals surface area contributed by atoms with Crippen molar-refractivity contribution in [3.63, 3.8) is 0 Å². The van der Waals surface area contributed by atoms with Crippen molar-refractivity contribution in [2.45, 2.75) is 44.7 Å². The molecule has 1 fully saturated rings. The first-order chi connectivity index (χ1) is 9.18. The minimum absolute atomic E-state index is 0.0559. The number of benzene rings is 1. The number of nitrogens with one attached hydrogen (secondary N) is 1. The second kappa shape index (κ2) is 6.66. The normalized spacial score (nSPS) is 23.8. The fraction of sp³-hybridized carbons (Fsp3) is 0.533. The first kappa shape index (κ1) is 14.0. The SMILES string of the molecule is O=C(O)[C@@H]1CCCCC[C@@H]1NCc1ccccc1F. The van der Waals surface area contributed by atoms with Crippen LogP contribution in [0.3, 0.4) is 0 Å². The predicted octanol–water partition coefficient (Wildman–Crippen LogP) is 2.95. The highest BCUT2D eigenvalue weighted by Crippen LogP contribution is 2.24. The average molecular weight is 265 g/mol. The molecule has 1 aromatic carbocycles. The van der Waals surface area contributed by atoms with E-state index in [0.717, 1.165) is 25.7 Å². The third-order valence-electron chi connectivity index (χ3n) is 3.85. The van der Waals surface area contributed by atoms with E-state index in [1.165, 1.54) is 6.07 Å². The minimum atomic E-state index is -0.743. The molecule has 0 unspecified atom stereocenters. The fourth-order valence-corrected chi connectivity index (χ4v) is 2.73. The molecule has 104 valence electrons. The highest BCUT2D eigenvalue weighted by Gasteiger charge is 2.29. The molecule has 0 spiro atoms. The number of hydrogen-bond donors (Lipinski definition) is 2. The lowest BCUT2D eigenvalue weighted by Gasteiger charge is -2.23. The molecule has 0 saturated heterocycles. The molecule has 3 nitrogen and oxygen atoms in total. The maximum absolute atomic E-state index is 13.5. The summed E-state index contributed by atoms with van der Waals surface area (Å²) in [5.74, 6) is -1.34. The molecule has 0 heterocycles. The van der Waals surface area contributed by atoms with Gasteiger partial charge in [-0.15, -0.1) is 0 Å². The van der Waals surface area contributed by atoms with E-state index in [-0.39, 0.29) is 17.8 Å². The van der Waals surface area contributed by atoms with Crippen molar-refractivity contribution in [1.29, 1.82) is 0 Å². The van der Waals surface area contributed by atoms with Gasteiger partial charge >= 0.3 is 5.97 Å². The lowest BCUT2D eigenvalue weighted by atomic mass is 9.94. The van der Waals surface area contributed by atoms with Crippen molar-refractivity contribution < 1.29 is 14.3 Å². The van der Waals surface area contributed by atoms with Crippen LogP contribution in [0.2, 0.25) is 0 Å². The summed E-state index contributed by atoms with van der Waals surface area (Å²) in [6, 6.07) is 6.56. The molecule has 0 aliphatic heterocycles. The molecule has 0 amide bonds. The Morgan fingerprint density at radius 1 is 1.26 bits per heavy atom. The molecular weight excluding hydrogens is 245 g/mol. The van der Waals surface area contributed by atoms with Crippen molar-refractivity contribution in [2.24, 2.45) is 5.92 Å². The van der Waals surface area contributed by atoms with E-state index >= 15 is 0 Å². The van der Waals surface area contributed by atoms with Crippen LogP contribution >= 0.6 is 0 Å². The zero-order chi connectivity index (χ0) is 13.7. The quantitative estimate of drug-likeness (QED) is 0.823. The monoisotopic (exact) mass is 265 g/mol. The summed E-state index contributed by atoms with van der Waals surface area (Å²) in [7, 11) is 0. The van der Waals surface area contributed by atoms with Gasteiger partial charge in [0, 0.05) is 18.2 Å². The number of carboxylic acid groups (broad SMARTS) is 1. The second-order valence-corrected chi connectivity index (χ2v) is 5.16. The van der Waals surface area contributed by atoms with Gasteiger partial charge in [-0.1, -0.05) is 37.5 Å². The molecule has 1 aliphatic rings. The van der Waals surface area contributed by atoms with Crippen LogP contribution in [-0.2, 0) is 11.3 Å². The van der Waals surface area contributed by atoms with E-state index in [4.69, 9.17) is 0 Å². The van der Waals surface area contributed by atoms with Gasteiger partial charge in [0.05, 0.1) is 5.92 Å². The van der Waals surface area contributed by atoms with Crippen molar-refractivity contribution in [3.05, 3.63) is 35.6 Å². The third-order valence-corrected chi connectivity index (χ3v) is 3.85. The van der Waals surface area contributed by atoms with Crippen molar-refractivity contribution in [3.8, 4) is 0 Å². The van der Waals surface area contributed by atoms with Gasteiger partial charge < -0.3 is 10.4 Å². The van der Waals surface area contributed by atoms with Crippen LogP contribution in [0.5, 0.6) is 0 Å². The predicted molar refractivity (Wildman–Crippen MR) is 71.2 cm³/mol. The molecule has 0 radical (unpaired) electrons. The molecular formula is C15H20FNO2. The van der Waals surface area contributed by atoms with Gasteiger partial charge in [0.15, 0.2) is 0 Å². The lowest BCUT2D eigenvalue weighted by molar-refractivity contribution is -0.143. The Bertz CT molecular complexity index is 436. The number of carboxylic acids is 1. The average Bonchev–Trinajstić information content (AvgIpc) is 2.63. The van der Waals surface area contributed by atoms with Crippen LogP contribution in [0.15, 0.2) is 24.3 Å². The maximum Gasteiger partial charge on any atom is 0.308 e. The van der Waals surface area contributed by atoms with Crippen LogP contribution in [0.1, 0.15) is 37.7 Å². The fourth-order valence-electron chi connectivity index (χ4n) is 2.73. The van der Waals surface area contributed by atoms with Crippen LogP contribution in [0, 0.1) is 11.7 Å². The van der Waals surface area contributed by atoms with E-state index in [0.29, 0.717) is 18.5 Å². The highest BCUT2D eigenvalue weighted by atomic mass is 19.1. The summed E-state index contributed by atoms with van der Waals surface area (Å²) in [6.07, 6.45) is 4.66. The summed E-state index contributed by atoms with van der Waals surface area (Å²) < 4.78 is 13.5. The summed E-state index contributed by atoms with van der Waals surface area (Å²) in [5, 5.41) is 12.5. The minimum Gasteiger partial charge on any atom is -0.481 e. The molecule has 0 bridgehead atoms. The standard InChI is InChI=1S/C15H20FNO2/c16-13-8-5-4-6-11(13)10-17-14-9-3-1-2-7-12(14)15(18)19/h4-6,8,12,14,17H,1-3,7,9-10H2,(H,18,19)/t12-,14+/m1/s1. The number of aliphatic carboxylic acids is 1. The molecule has 1 aliphatic carbocycles. The van der Waals surface area contributed by atoms with Crippen LogP contribution < -0.4 is 5.32 Å². The second-order valence-electron chi connectivity index (χ2n) is 5.16. The zero-order valence-electron chi connectivity index (χ0n) is 10.9. The van der Waals surface area contributed by atoms with Gasteiger partial charge in [0.1, 0.15) is 5.82 Å². The Hall–Kier alpha value is -1.42. The number of hydrogen-bond acceptors (Lipinski definition) is 2. The van der Waals surface area contributed by atoms with E-state index in [9.17, 15) is 14.3 Å². The van der Waals surface area contributed by atoms with Gasteiger partial charge in [0.25, 0.3) is 0 Å². The topological polar surface area (TPSA) is 49.3 Å². The largest absolute Gasteiger partial charge is 0.481 e. The summed E-state index contributed by atoms with van der Waals surface area (Å²) in [4.78, 5) is 11.3. The molecule has 1 saturated carbocycles. The molecule has 2 N–H and O–H groups in total. The van der Waals surface area contributed by atoms with Crippen LogP contribution in [0.25, 0.3) is 0 Å². The van der Waals surface area contributed by atoms with Gasteiger partial charge in [-0.25, -0.2) is 4.39 Å². The Balaban J connectivity index is 1.99. The van der Waals surface area contributed by atoms with Crippen molar-refractivity contribution in [1.82, 2.24) is 5.32 Å². The van der Waals surface area contributed by atoms with Crippen molar-refractivity contribution in [2.75, 3.05) is 0 Å². The van der Waals surface area contributed by atoms with Gasteiger partial charge in [-0.3, -0.25) is 4.79 Å². The third kappa shape index (κ3) is 3.77.